The molecule has 0 aliphatic carbocycles. The van der Waals surface area contributed by atoms with E-state index in [-0.39, 0.29) is 35.8 Å². The summed E-state index contributed by atoms with van der Waals surface area (Å²) in [5, 5.41) is 11.3. The highest BCUT2D eigenvalue weighted by atomic mass is 16.4. The summed E-state index contributed by atoms with van der Waals surface area (Å²) in [6, 6.07) is 4.73. The third kappa shape index (κ3) is 4.61. The molecule has 176 valence electrons. The third-order valence-electron chi connectivity index (χ3n) is 7.00. The highest BCUT2D eigenvalue weighted by Crippen LogP contribution is 2.29. The Morgan fingerprint density at radius 2 is 1.85 bits per heavy atom. The van der Waals surface area contributed by atoms with E-state index in [0.717, 1.165) is 31.6 Å². The Morgan fingerprint density at radius 1 is 1.15 bits per heavy atom. The molecule has 4 rings (SSSR count). The fraction of sp³-hybridized carbons (Fsp3) is 0.522. The molecule has 0 radical (unpaired) electrons. The number of piperidine rings is 2. The second-order valence-corrected chi connectivity index (χ2v) is 8.98. The largest absolute Gasteiger partial charge is 0.481 e. The normalized spacial score (nSPS) is 22.5. The molecule has 0 saturated carbocycles. The highest BCUT2D eigenvalue weighted by Gasteiger charge is 2.38. The van der Waals surface area contributed by atoms with Crippen LogP contribution in [0.1, 0.15) is 46.4 Å². The number of hydrogen-bond acceptors (Lipinski definition) is 7. The molecule has 3 aliphatic heterocycles. The van der Waals surface area contributed by atoms with E-state index in [9.17, 15) is 24.0 Å². The predicted octanol–water partition coefficient (Wildman–Crippen LogP) is 0.362. The number of carboxylic acids is 1. The first-order valence-electron chi connectivity index (χ1n) is 11.2. The Labute approximate surface area is 191 Å². The smallest absolute Gasteiger partial charge is 0.309 e. The van der Waals surface area contributed by atoms with E-state index >= 15 is 0 Å². The minimum atomic E-state index is -0.754. The zero-order valence-electron chi connectivity index (χ0n) is 18.5. The SMILES string of the molecule is CN(C(=O)c1ccc(N2CCC(N3CC(C(=O)O)C3)CC2)cc1C=O)C1CCC(=O)NC1=O. The van der Waals surface area contributed by atoms with Crippen molar-refractivity contribution in [3.63, 3.8) is 0 Å². The molecule has 1 aromatic carbocycles. The van der Waals surface area contributed by atoms with Gasteiger partial charge in [-0.15, -0.1) is 0 Å². The number of imide groups is 1. The number of aldehydes is 1. The van der Waals surface area contributed by atoms with Crippen LogP contribution in [0.5, 0.6) is 0 Å². The van der Waals surface area contributed by atoms with Gasteiger partial charge < -0.3 is 14.9 Å². The quantitative estimate of drug-likeness (QED) is 0.464. The summed E-state index contributed by atoms with van der Waals surface area (Å²) in [5.74, 6) is -2.30. The number of carbonyl (C=O) groups excluding carboxylic acids is 4. The van der Waals surface area contributed by atoms with Crippen molar-refractivity contribution in [2.45, 2.75) is 37.8 Å². The van der Waals surface area contributed by atoms with Gasteiger partial charge in [-0.05, 0) is 37.5 Å². The minimum Gasteiger partial charge on any atom is -0.481 e. The summed E-state index contributed by atoms with van der Waals surface area (Å²) in [6.45, 7) is 2.76. The minimum absolute atomic E-state index is 0.165. The van der Waals surface area contributed by atoms with Crippen molar-refractivity contribution in [3.05, 3.63) is 29.3 Å². The molecule has 10 nitrogen and oxygen atoms in total. The summed E-state index contributed by atoms with van der Waals surface area (Å²) in [5.41, 5.74) is 1.32. The third-order valence-corrected chi connectivity index (χ3v) is 7.00. The van der Waals surface area contributed by atoms with Crippen LogP contribution in [0.3, 0.4) is 0 Å². The Morgan fingerprint density at radius 3 is 2.45 bits per heavy atom. The lowest BCUT2D eigenvalue weighted by atomic mass is 9.93. The van der Waals surface area contributed by atoms with Gasteiger partial charge in [-0.25, -0.2) is 0 Å². The summed E-state index contributed by atoms with van der Waals surface area (Å²) in [4.78, 5) is 65.0. The topological polar surface area (TPSA) is 127 Å². The molecule has 1 aromatic rings. The maximum Gasteiger partial charge on any atom is 0.309 e. The molecule has 3 amide bonds. The van der Waals surface area contributed by atoms with Gasteiger partial charge in [0.2, 0.25) is 11.8 Å². The van der Waals surface area contributed by atoms with Crippen molar-refractivity contribution >= 4 is 35.7 Å². The van der Waals surface area contributed by atoms with Gasteiger partial charge in [0.1, 0.15) is 6.04 Å². The summed E-state index contributed by atoms with van der Waals surface area (Å²) in [7, 11) is 1.50. The number of carboxylic acid groups (broad SMARTS) is 1. The van der Waals surface area contributed by atoms with Crippen LogP contribution in [0, 0.1) is 5.92 Å². The summed E-state index contributed by atoms with van der Waals surface area (Å²) < 4.78 is 0. The molecule has 1 atom stereocenters. The first-order chi connectivity index (χ1) is 15.8. The lowest BCUT2D eigenvalue weighted by molar-refractivity contribution is -0.149. The molecule has 33 heavy (non-hydrogen) atoms. The van der Waals surface area contributed by atoms with Crippen molar-refractivity contribution in [1.82, 2.24) is 15.1 Å². The van der Waals surface area contributed by atoms with Gasteiger partial charge in [0.05, 0.1) is 11.5 Å². The van der Waals surface area contributed by atoms with Crippen LogP contribution < -0.4 is 10.2 Å². The molecule has 3 fully saturated rings. The molecule has 1 unspecified atom stereocenters. The summed E-state index contributed by atoms with van der Waals surface area (Å²) >= 11 is 0. The highest BCUT2D eigenvalue weighted by molar-refractivity contribution is 6.06. The molecule has 0 bridgehead atoms. The zero-order chi connectivity index (χ0) is 23.7. The maximum atomic E-state index is 13.0. The zero-order valence-corrected chi connectivity index (χ0v) is 18.5. The molecule has 0 spiro atoms. The lowest BCUT2D eigenvalue weighted by Crippen LogP contribution is -2.57. The first kappa shape index (κ1) is 22.9. The maximum absolute atomic E-state index is 13.0. The van der Waals surface area contributed by atoms with Gasteiger partial charge >= 0.3 is 5.97 Å². The van der Waals surface area contributed by atoms with Gasteiger partial charge in [0, 0.05) is 56.9 Å². The summed E-state index contributed by atoms with van der Waals surface area (Å²) in [6.07, 6.45) is 2.87. The van der Waals surface area contributed by atoms with Gasteiger partial charge in [-0.1, -0.05) is 0 Å². The molecule has 2 N–H and O–H groups in total. The standard InChI is InChI=1S/C23H28N4O6/c1-25(19-4-5-20(29)24-21(19)30)22(31)18-3-2-17(10-14(18)13-28)26-8-6-16(7-9-26)27-11-15(12-27)23(32)33/h2-3,10,13,15-16,19H,4-9,11-12H2,1H3,(H,32,33)(H,24,29,30). The molecule has 3 saturated heterocycles. The van der Waals surface area contributed by atoms with Crippen LogP contribution in [-0.2, 0) is 14.4 Å². The number of aliphatic carboxylic acids is 1. The fourth-order valence-electron chi connectivity index (χ4n) is 4.88. The molecule has 3 aliphatic rings. The average Bonchev–Trinajstić information content (AvgIpc) is 2.77. The van der Waals surface area contributed by atoms with E-state index in [1.807, 2.05) is 6.07 Å². The molecular weight excluding hydrogens is 428 g/mol. The number of nitrogens with one attached hydrogen (secondary N) is 1. The molecule has 10 heteroatoms. The Bertz CT molecular complexity index is 981. The Kier molecular flexibility index (Phi) is 6.46. The van der Waals surface area contributed by atoms with Crippen LogP contribution in [0.2, 0.25) is 0 Å². The molecule has 3 heterocycles. The van der Waals surface area contributed by atoms with Gasteiger partial charge in [-0.3, -0.25) is 34.2 Å². The predicted molar refractivity (Wildman–Crippen MR) is 118 cm³/mol. The number of likely N-dealkylation sites (tertiary alicyclic amines) is 1. The number of benzene rings is 1. The van der Waals surface area contributed by atoms with E-state index in [0.29, 0.717) is 25.4 Å². The number of rotatable bonds is 6. The van der Waals surface area contributed by atoms with E-state index in [4.69, 9.17) is 5.11 Å². The van der Waals surface area contributed by atoms with Crippen LogP contribution in [0.4, 0.5) is 5.69 Å². The van der Waals surface area contributed by atoms with Gasteiger partial charge in [-0.2, -0.15) is 0 Å². The van der Waals surface area contributed by atoms with E-state index in [1.165, 1.54) is 11.9 Å². The second-order valence-electron chi connectivity index (χ2n) is 8.98. The fourth-order valence-corrected chi connectivity index (χ4v) is 4.88. The van der Waals surface area contributed by atoms with Crippen LogP contribution in [-0.4, -0.2) is 90.2 Å². The first-order valence-corrected chi connectivity index (χ1v) is 11.2. The number of likely N-dealkylation sites (N-methyl/N-ethyl adjacent to an activating group) is 1. The van der Waals surface area contributed by atoms with Crippen LogP contribution in [0.25, 0.3) is 0 Å². The number of amides is 3. The van der Waals surface area contributed by atoms with Crippen molar-refractivity contribution < 1.29 is 29.1 Å². The lowest BCUT2D eigenvalue weighted by Gasteiger charge is -2.46. The van der Waals surface area contributed by atoms with E-state index in [1.54, 1.807) is 12.1 Å². The number of hydrogen-bond donors (Lipinski definition) is 2. The van der Waals surface area contributed by atoms with Crippen LogP contribution >= 0.6 is 0 Å². The van der Waals surface area contributed by atoms with Gasteiger partial charge in [0.25, 0.3) is 5.91 Å². The molecular formula is C23H28N4O6. The second kappa shape index (κ2) is 9.30. The monoisotopic (exact) mass is 456 g/mol. The van der Waals surface area contributed by atoms with Crippen molar-refractivity contribution in [1.29, 1.82) is 0 Å². The van der Waals surface area contributed by atoms with Gasteiger partial charge in [0.15, 0.2) is 6.29 Å². The van der Waals surface area contributed by atoms with Crippen molar-refractivity contribution in [3.8, 4) is 0 Å². The average molecular weight is 456 g/mol. The van der Waals surface area contributed by atoms with Crippen molar-refractivity contribution in [2.24, 2.45) is 5.92 Å². The van der Waals surface area contributed by atoms with E-state index < -0.39 is 23.8 Å². The Balaban J connectivity index is 1.39. The van der Waals surface area contributed by atoms with Crippen LogP contribution in [0.15, 0.2) is 18.2 Å². The van der Waals surface area contributed by atoms with E-state index in [2.05, 4.69) is 15.1 Å². The number of carbonyl (C=O) groups is 5. The Hall–Kier alpha value is -3.27. The number of anilines is 1. The number of nitrogens with zero attached hydrogens (tertiary/aromatic N) is 3. The van der Waals surface area contributed by atoms with Crippen molar-refractivity contribution in [2.75, 3.05) is 38.1 Å². The molecule has 0 aromatic heterocycles.